The lowest BCUT2D eigenvalue weighted by Gasteiger charge is -2.16. The van der Waals surface area contributed by atoms with E-state index in [9.17, 15) is 5.11 Å². The predicted octanol–water partition coefficient (Wildman–Crippen LogP) is 2.48. The topological polar surface area (TPSA) is 38.7 Å². The summed E-state index contributed by atoms with van der Waals surface area (Å²) in [5.41, 5.74) is 0.767. The van der Waals surface area contributed by atoms with E-state index in [1.165, 1.54) is 0 Å². The van der Waals surface area contributed by atoms with Gasteiger partial charge in [0.05, 0.1) is 12.2 Å². The van der Waals surface area contributed by atoms with E-state index in [0.29, 0.717) is 12.4 Å². The quantitative estimate of drug-likeness (QED) is 0.853. The molecule has 0 aliphatic carbocycles. The molecule has 0 radical (unpaired) electrons. The van der Waals surface area contributed by atoms with Gasteiger partial charge in [-0.1, -0.05) is 18.2 Å². The number of hydrogen-bond acceptors (Lipinski definition) is 3. The second-order valence-electron chi connectivity index (χ2n) is 4.79. The SMILES string of the molecule is CC1(C)COC(CCc2ccccc2O)O1. The zero-order valence-corrected chi connectivity index (χ0v) is 9.77. The minimum absolute atomic E-state index is 0.144. The molecule has 1 aromatic rings. The zero-order chi connectivity index (χ0) is 11.6. The van der Waals surface area contributed by atoms with E-state index in [1.54, 1.807) is 6.07 Å². The van der Waals surface area contributed by atoms with Gasteiger partial charge in [0.25, 0.3) is 0 Å². The summed E-state index contributed by atoms with van der Waals surface area (Å²) >= 11 is 0. The van der Waals surface area contributed by atoms with Crippen molar-refractivity contribution in [1.82, 2.24) is 0 Å². The number of phenols is 1. The maximum atomic E-state index is 9.61. The van der Waals surface area contributed by atoms with Crippen molar-refractivity contribution >= 4 is 0 Å². The molecule has 0 amide bonds. The minimum atomic E-state index is -0.177. The van der Waals surface area contributed by atoms with Gasteiger partial charge in [0.1, 0.15) is 5.75 Å². The van der Waals surface area contributed by atoms with Crippen LogP contribution < -0.4 is 0 Å². The van der Waals surface area contributed by atoms with Crippen LogP contribution in [0.1, 0.15) is 25.8 Å². The molecule has 0 saturated carbocycles. The van der Waals surface area contributed by atoms with Crippen LogP contribution in [-0.2, 0) is 15.9 Å². The number of aromatic hydroxyl groups is 1. The summed E-state index contributed by atoms with van der Waals surface area (Å²) in [5.74, 6) is 0.347. The fourth-order valence-electron chi connectivity index (χ4n) is 1.86. The third kappa shape index (κ3) is 2.74. The van der Waals surface area contributed by atoms with E-state index in [-0.39, 0.29) is 11.9 Å². The summed E-state index contributed by atoms with van der Waals surface area (Å²) in [7, 11) is 0. The largest absolute Gasteiger partial charge is 0.508 e. The van der Waals surface area contributed by atoms with Gasteiger partial charge in [-0.3, -0.25) is 0 Å². The monoisotopic (exact) mass is 222 g/mol. The molecule has 0 bridgehead atoms. The van der Waals surface area contributed by atoms with Crippen molar-refractivity contribution in [2.45, 2.75) is 38.6 Å². The summed E-state index contributed by atoms with van der Waals surface area (Å²) < 4.78 is 11.2. The Bertz CT molecular complexity index is 360. The normalized spacial score (nSPS) is 23.5. The molecule has 0 aromatic heterocycles. The molecule has 1 atom stereocenters. The van der Waals surface area contributed by atoms with Gasteiger partial charge < -0.3 is 14.6 Å². The number of aryl methyl sites for hydroxylation is 1. The average Bonchev–Trinajstić information content (AvgIpc) is 2.57. The molecule has 0 spiro atoms. The lowest BCUT2D eigenvalue weighted by atomic mass is 10.1. The molecule has 88 valence electrons. The van der Waals surface area contributed by atoms with Crippen molar-refractivity contribution in [2.24, 2.45) is 0 Å². The Balaban J connectivity index is 1.87. The Morgan fingerprint density at radius 1 is 1.38 bits per heavy atom. The number of ether oxygens (including phenoxy) is 2. The van der Waals surface area contributed by atoms with Gasteiger partial charge in [-0.15, -0.1) is 0 Å². The summed E-state index contributed by atoms with van der Waals surface area (Å²) in [6, 6.07) is 7.38. The van der Waals surface area contributed by atoms with Gasteiger partial charge in [0.15, 0.2) is 6.29 Å². The van der Waals surface area contributed by atoms with Crippen LogP contribution in [0.2, 0.25) is 0 Å². The van der Waals surface area contributed by atoms with Gasteiger partial charge in [-0.2, -0.15) is 0 Å². The molecule has 1 aliphatic rings. The first-order valence-corrected chi connectivity index (χ1v) is 5.63. The maximum absolute atomic E-state index is 9.61. The highest BCUT2D eigenvalue weighted by Crippen LogP contribution is 2.26. The first kappa shape index (κ1) is 11.4. The van der Waals surface area contributed by atoms with Gasteiger partial charge in [-0.25, -0.2) is 0 Å². The molecular formula is C13H18O3. The van der Waals surface area contributed by atoms with E-state index in [4.69, 9.17) is 9.47 Å². The number of phenolic OH excluding ortho intramolecular Hbond substituents is 1. The molecule has 16 heavy (non-hydrogen) atoms. The third-order valence-electron chi connectivity index (χ3n) is 2.71. The Hall–Kier alpha value is -1.06. The van der Waals surface area contributed by atoms with Crippen LogP contribution in [0.3, 0.4) is 0 Å². The Morgan fingerprint density at radius 2 is 2.12 bits per heavy atom. The fraction of sp³-hybridized carbons (Fsp3) is 0.538. The molecule has 1 fully saturated rings. The van der Waals surface area contributed by atoms with Crippen molar-refractivity contribution in [3.8, 4) is 5.75 Å². The lowest BCUT2D eigenvalue weighted by molar-refractivity contribution is -0.0817. The van der Waals surface area contributed by atoms with E-state index in [2.05, 4.69) is 0 Å². The zero-order valence-electron chi connectivity index (χ0n) is 9.77. The fourth-order valence-corrected chi connectivity index (χ4v) is 1.86. The number of hydrogen-bond donors (Lipinski definition) is 1. The Morgan fingerprint density at radius 3 is 2.75 bits per heavy atom. The van der Waals surface area contributed by atoms with E-state index < -0.39 is 0 Å². The Labute approximate surface area is 96.0 Å². The molecule has 1 saturated heterocycles. The van der Waals surface area contributed by atoms with Crippen LogP contribution in [0.4, 0.5) is 0 Å². The standard InChI is InChI=1S/C13H18O3/c1-13(2)9-15-12(16-13)8-7-10-5-3-4-6-11(10)14/h3-6,12,14H,7-9H2,1-2H3. The summed E-state index contributed by atoms with van der Waals surface area (Å²) in [5, 5.41) is 9.61. The first-order valence-electron chi connectivity index (χ1n) is 5.63. The molecule has 1 aromatic carbocycles. The average molecular weight is 222 g/mol. The Kier molecular flexibility index (Phi) is 3.17. The first-order chi connectivity index (χ1) is 7.57. The highest BCUT2D eigenvalue weighted by Gasteiger charge is 2.32. The molecular weight excluding hydrogens is 204 g/mol. The highest BCUT2D eigenvalue weighted by molar-refractivity contribution is 5.31. The number of benzene rings is 1. The van der Waals surface area contributed by atoms with Crippen LogP contribution in [0, 0.1) is 0 Å². The molecule has 2 rings (SSSR count). The molecule has 1 unspecified atom stereocenters. The number of para-hydroxylation sites is 1. The molecule has 3 nitrogen and oxygen atoms in total. The van der Waals surface area contributed by atoms with Crippen molar-refractivity contribution < 1.29 is 14.6 Å². The van der Waals surface area contributed by atoms with Crippen molar-refractivity contribution in [1.29, 1.82) is 0 Å². The second kappa shape index (κ2) is 4.44. The van der Waals surface area contributed by atoms with E-state index in [0.717, 1.165) is 18.4 Å². The third-order valence-corrected chi connectivity index (χ3v) is 2.71. The summed E-state index contributed by atoms with van der Waals surface area (Å²) in [6.45, 7) is 4.68. The van der Waals surface area contributed by atoms with Crippen molar-refractivity contribution in [3.63, 3.8) is 0 Å². The lowest BCUT2D eigenvalue weighted by Crippen LogP contribution is -2.22. The van der Waals surface area contributed by atoms with Gasteiger partial charge in [0, 0.05) is 6.42 Å². The molecule has 1 N–H and O–H groups in total. The van der Waals surface area contributed by atoms with Gasteiger partial charge in [-0.05, 0) is 31.9 Å². The van der Waals surface area contributed by atoms with Crippen LogP contribution in [0.5, 0.6) is 5.75 Å². The molecule has 3 heteroatoms. The molecule has 1 heterocycles. The maximum Gasteiger partial charge on any atom is 0.158 e. The van der Waals surface area contributed by atoms with E-state index in [1.807, 2.05) is 32.0 Å². The van der Waals surface area contributed by atoms with Crippen LogP contribution in [0.25, 0.3) is 0 Å². The van der Waals surface area contributed by atoms with Gasteiger partial charge >= 0.3 is 0 Å². The summed E-state index contributed by atoms with van der Waals surface area (Å²) in [4.78, 5) is 0. The van der Waals surface area contributed by atoms with Crippen LogP contribution in [-0.4, -0.2) is 23.6 Å². The predicted molar refractivity (Wildman–Crippen MR) is 61.3 cm³/mol. The smallest absolute Gasteiger partial charge is 0.158 e. The highest BCUT2D eigenvalue weighted by atomic mass is 16.7. The molecule has 1 aliphatic heterocycles. The summed E-state index contributed by atoms with van der Waals surface area (Å²) in [6.07, 6.45) is 1.41. The van der Waals surface area contributed by atoms with Crippen molar-refractivity contribution in [3.05, 3.63) is 29.8 Å². The second-order valence-corrected chi connectivity index (χ2v) is 4.79. The minimum Gasteiger partial charge on any atom is -0.508 e. The van der Waals surface area contributed by atoms with Crippen molar-refractivity contribution in [2.75, 3.05) is 6.61 Å². The van der Waals surface area contributed by atoms with Crippen LogP contribution in [0.15, 0.2) is 24.3 Å². The van der Waals surface area contributed by atoms with Crippen LogP contribution >= 0.6 is 0 Å². The van der Waals surface area contributed by atoms with Gasteiger partial charge in [0.2, 0.25) is 0 Å². The van der Waals surface area contributed by atoms with E-state index >= 15 is 0 Å². The number of rotatable bonds is 3.